The number of pyridine rings is 1. The number of hydrogen-bond acceptors (Lipinski definition) is 4. The number of fused-ring (bicyclic) bond motifs is 1. The van der Waals surface area contributed by atoms with Crippen molar-refractivity contribution in [2.24, 2.45) is 5.73 Å². The number of aromatic nitrogens is 1. The normalized spacial score (nSPS) is 17.9. The molecule has 0 bridgehead atoms. The van der Waals surface area contributed by atoms with Gasteiger partial charge in [-0.05, 0) is 117 Å². The van der Waals surface area contributed by atoms with Crippen LogP contribution in [-0.4, -0.2) is 30.7 Å². The highest BCUT2D eigenvalue weighted by Gasteiger charge is 2.19. The third-order valence-corrected chi connectivity index (χ3v) is 10.1. The molecule has 0 amide bonds. The van der Waals surface area contributed by atoms with E-state index in [4.69, 9.17) is 10.7 Å². The van der Waals surface area contributed by atoms with Crippen LogP contribution in [0.5, 0.6) is 0 Å². The maximum atomic E-state index is 5.56. The Labute approximate surface area is 310 Å². The average Bonchev–Trinajstić information content (AvgIpc) is 3.20. The first-order valence-electron chi connectivity index (χ1n) is 18.7. The summed E-state index contributed by atoms with van der Waals surface area (Å²) < 4.78 is 0. The van der Waals surface area contributed by atoms with Gasteiger partial charge in [0.1, 0.15) is 0 Å². The predicted molar refractivity (Wildman–Crippen MR) is 223 cm³/mol. The Kier molecular flexibility index (Phi) is 12.8. The lowest BCUT2D eigenvalue weighted by atomic mass is 9.87. The van der Waals surface area contributed by atoms with Crippen molar-refractivity contribution in [1.29, 1.82) is 0 Å². The molecule has 0 saturated carbocycles. The minimum Gasteiger partial charge on any atom is -0.387 e. The number of nitrogens with zero attached hydrogens (tertiary/aromatic N) is 1. The average molecular weight is 685 g/mol. The molecule has 2 heterocycles. The van der Waals surface area contributed by atoms with E-state index in [-0.39, 0.29) is 0 Å². The standard InChI is InChI=1S/C48H52N4/c1-4-14-45-36(5-2)15-12-22-48(45)52-33-40(38-17-11-16-37(31-38)39-18-13-30-50-32-39)24-23-35(3)43-27-28-44(47-21-9-8-20-46(43)47)41-25-26-42(51-34-41)19-7-6-10-29-49/h5-13,15-21,23-26,31-32,34,48,50,52H,2,4,14,22,27-30,33,49H2,1,3H3/b10-6-,19-7+,35-23+,40-24+. The van der Waals surface area contributed by atoms with Crippen LogP contribution in [-0.2, 0) is 0 Å². The summed E-state index contributed by atoms with van der Waals surface area (Å²) in [4.78, 5) is 4.74. The lowest BCUT2D eigenvalue weighted by molar-refractivity contribution is 0.583. The highest BCUT2D eigenvalue weighted by atomic mass is 14.9. The van der Waals surface area contributed by atoms with Gasteiger partial charge in [-0.1, -0.05) is 129 Å². The van der Waals surface area contributed by atoms with Gasteiger partial charge in [0.15, 0.2) is 0 Å². The van der Waals surface area contributed by atoms with Gasteiger partial charge in [0.05, 0.1) is 5.69 Å². The second kappa shape index (κ2) is 18.3. The molecular weight excluding hydrogens is 633 g/mol. The molecule has 2 aliphatic carbocycles. The molecule has 0 radical (unpaired) electrons. The molecule has 264 valence electrons. The van der Waals surface area contributed by atoms with Gasteiger partial charge in [-0.3, -0.25) is 4.98 Å². The van der Waals surface area contributed by atoms with E-state index in [1.807, 2.05) is 36.6 Å². The Hall–Kier alpha value is -5.29. The second-order valence-electron chi connectivity index (χ2n) is 13.5. The topological polar surface area (TPSA) is 63.0 Å². The largest absolute Gasteiger partial charge is 0.387 e. The van der Waals surface area contributed by atoms with Crippen LogP contribution in [0.2, 0.25) is 0 Å². The maximum Gasteiger partial charge on any atom is 0.0630 e. The third kappa shape index (κ3) is 8.95. The zero-order valence-corrected chi connectivity index (χ0v) is 30.7. The minimum absolute atomic E-state index is 0.295. The molecule has 4 heteroatoms. The Bertz CT molecular complexity index is 2130. The summed E-state index contributed by atoms with van der Waals surface area (Å²) in [7, 11) is 0. The van der Waals surface area contributed by atoms with E-state index in [1.54, 1.807) is 0 Å². The first kappa shape index (κ1) is 36.5. The fourth-order valence-corrected chi connectivity index (χ4v) is 7.37. The lowest BCUT2D eigenvalue weighted by Crippen LogP contribution is -2.33. The Morgan fingerprint density at radius 3 is 2.63 bits per heavy atom. The highest BCUT2D eigenvalue weighted by Crippen LogP contribution is 2.29. The van der Waals surface area contributed by atoms with Crippen LogP contribution < -0.4 is 26.8 Å². The van der Waals surface area contributed by atoms with Crippen molar-refractivity contribution in [2.45, 2.75) is 52.0 Å². The molecule has 4 nitrogen and oxygen atoms in total. The van der Waals surface area contributed by atoms with Crippen LogP contribution in [0.4, 0.5) is 0 Å². The van der Waals surface area contributed by atoms with E-state index < -0.39 is 0 Å². The molecule has 6 rings (SSSR count). The Morgan fingerprint density at radius 1 is 0.981 bits per heavy atom. The van der Waals surface area contributed by atoms with Crippen LogP contribution in [0, 0.1) is 0 Å². The van der Waals surface area contributed by atoms with Crippen molar-refractivity contribution >= 4 is 28.4 Å². The molecule has 3 aliphatic rings. The summed E-state index contributed by atoms with van der Waals surface area (Å²) >= 11 is 0. The molecule has 4 N–H and O–H groups in total. The number of allylic oxidation sites excluding steroid dienone is 10. The van der Waals surface area contributed by atoms with Crippen LogP contribution in [0.3, 0.4) is 0 Å². The van der Waals surface area contributed by atoms with Crippen LogP contribution in [0.15, 0.2) is 157 Å². The Balaban J connectivity index is 1.35. The number of nitrogens with two attached hydrogens (primary N) is 1. The molecule has 52 heavy (non-hydrogen) atoms. The van der Waals surface area contributed by atoms with Gasteiger partial charge in [-0.25, -0.2) is 0 Å². The van der Waals surface area contributed by atoms with Crippen molar-refractivity contribution in [3.05, 3.63) is 190 Å². The number of rotatable bonds is 14. The maximum absolute atomic E-state index is 5.56. The van der Waals surface area contributed by atoms with Crippen molar-refractivity contribution in [3.8, 4) is 0 Å². The van der Waals surface area contributed by atoms with E-state index in [0.29, 0.717) is 12.6 Å². The van der Waals surface area contributed by atoms with Gasteiger partial charge in [-0.15, -0.1) is 0 Å². The lowest BCUT2D eigenvalue weighted by Gasteiger charge is -2.26. The number of benzene rings is 2. The van der Waals surface area contributed by atoms with Gasteiger partial charge < -0.3 is 16.4 Å². The fourth-order valence-electron chi connectivity index (χ4n) is 7.37. The number of hydrogen-bond donors (Lipinski definition) is 3. The fraction of sp³-hybridized carbons (Fsp3) is 0.229. The van der Waals surface area contributed by atoms with E-state index in [2.05, 4.69) is 134 Å². The van der Waals surface area contributed by atoms with E-state index in [9.17, 15) is 0 Å². The Morgan fingerprint density at radius 2 is 1.87 bits per heavy atom. The minimum atomic E-state index is 0.295. The van der Waals surface area contributed by atoms with Crippen LogP contribution >= 0.6 is 0 Å². The van der Waals surface area contributed by atoms with Crippen LogP contribution in [0.1, 0.15) is 68.3 Å². The summed E-state index contributed by atoms with van der Waals surface area (Å²) in [6, 6.07) is 22.4. The molecule has 2 aromatic carbocycles. The smallest absolute Gasteiger partial charge is 0.0630 e. The molecule has 0 fully saturated rings. The first-order valence-corrected chi connectivity index (χ1v) is 18.7. The van der Waals surface area contributed by atoms with E-state index >= 15 is 0 Å². The molecule has 1 atom stereocenters. The van der Waals surface area contributed by atoms with Gasteiger partial charge >= 0.3 is 0 Å². The van der Waals surface area contributed by atoms with Gasteiger partial charge in [-0.2, -0.15) is 0 Å². The molecular formula is C48H52N4. The zero-order valence-electron chi connectivity index (χ0n) is 30.7. The second-order valence-corrected chi connectivity index (χ2v) is 13.5. The van der Waals surface area contributed by atoms with Crippen molar-refractivity contribution < 1.29 is 0 Å². The van der Waals surface area contributed by atoms with Gasteiger partial charge in [0, 0.05) is 38.1 Å². The first-order chi connectivity index (χ1) is 25.6. The van der Waals surface area contributed by atoms with Crippen LogP contribution in [0.25, 0.3) is 28.4 Å². The molecule has 0 saturated heterocycles. The quantitative estimate of drug-likeness (QED) is 0.149. The molecule has 3 aromatic rings. The van der Waals surface area contributed by atoms with Crippen molar-refractivity contribution in [3.63, 3.8) is 0 Å². The van der Waals surface area contributed by atoms with Crippen molar-refractivity contribution in [1.82, 2.24) is 15.6 Å². The van der Waals surface area contributed by atoms with E-state index in [0.717, 1.165) is 50.9 Å². The predicted octanol–water partition coefficient (Wildman–Crippen LogP) is 8.48. The molecule has 1 unspecified atom stereocenters. The highest BCUT2D eigenvalue weighted by molar-refractivity contribution is 5.79. The molecule has 0 spiro atoms. The van der Waals surface area contributed by atoms with E-state index in [1.165, 1.54) is 66.1 Å². The van der Waals surface area contributed by atoms with Gasteiger partial charge in [0.25, 0.3) is 0 Å². The summed E-state index contributed by atoms with van der Waals surface area (Å²) in [5.41, 5.74) is 19.4. The summed E-state index contributed by atoms with van der Waals surface area (Å²) in [5, 5.41) is 9.94. The SMILES string of the molecule is C=CC1=C(CCC)C(NC/C(=C\C=C(/C)C2=c3ccccc3=C(c3ccc(/C=C/C=C\CN)nc3)CC2)c2cccc(C3=CNCC=C3)c2)CC=C1. The summed E-state index contributed by atoms with van der Waals surface area (Å²) in [6.07, 6.45) is 32.7. The van der Waals surface area contributed by atoms with Gasteiger partial charge in [0.2, 0.25) is 0 Å². The molecule has 1 aliphatic heterocycles. The van der Waals surface area contributed by atoms with Crippen molar-refractivity contribution in [2.75, 3.05) is 19.6 Å². The zero-order chi connectivity index (χ0) is 36.1. The number of nitrogens with one attached hydrogen (secondary N) is 2. The monoisotopic (exact) mass is 684 g/mol. The molecule has 1 aromatic heterocycles. The third-order valence-electron chi connectivity index (χ3n) is 10.1. The summed E-state index contributed by atoms with van der Waals surface area (Å²) in [5.74, 6) is 0. The number of dihydropyridines is 1. The summed E-state index contributed by atoms with van der Waals surface area (Å²) in [6.45, 7) is 10.8.